The monoisotopic (exact) mass is 250 g/mol. The Morgan fingerprint density at radius 3 is 0.833 bits per heavy atom. The van der Waals surface area contributed by atoms with Crippen LogP contribution in [-0.4, -0.2) is 0 Å². The van der Waals surface area contributed by atoms with Gasteiger partial charge in [-0.1, -0.05) is 41.5 Å². The average molecular weight is 250 g/mol. The van der Waals surface area contributed by atoms with Crippen molar-refractivity contribution < 1.29 is 0 Å². The van der Waals surface area contributed by atoms with Crippen LogP contribution in [0.25, 0.3) is 0 Å². The Morgan fingerprint density at radius 1 is 0.389 bits per heavy atom. The lowest BCUT2D eigenvalue weighted by Crippen LogP contribution is -2.45. The second-order valence-electron chi connectivity index (χ2n) is 9.45. The van der Waals surface area contributed by atoms with Gasteiger partial charge in [0.05, 0.1) is 0 Å². The summed E-state index contributed by atoms with van der Waals surface area (Å²) in [5.41, 5.74) is 2.42. The Morgan fingerprint density at radius 2 is 0.611 bits per heavy atom. The van der Waals surface area contributed by atoms with Crippen molar-refractivity contribution in [2.45, 2.75) is 92.9 Å². The van der Waals surface area contributed by atoms with E-state index in [1.165, 1.54) is 51.4 Å². The van der Waals surface area contributed by atoms with Gasteiger partial charge in [-0.25, -0.2) is 0 Å². The molecule has 0 aromatic rings. The van der Waals surface area contributed by atoms with Crippen LogP contribution in [0.2, 0.25) is 0 Å². The van der Waals surface area contributed by atoms with E-state index in [9.17, 15) is 0 Å². The third-order valence-corrected chi connectivity index (χ3v) is 6.87. The summed E-state index contributed by atoms with van der Waals surface area (Å²) >= 11 is 0. The summed E-state index contributed by atoms with van der Waals surface area (Å²) < 4.78 is 0. The van der Waals surface area contributed by atoms with Crippen LogP contribution >= 0.6 is 0 Å². The molecule has 2 fully saturated rings. The number of hydrogen-bond donors (Lipinski definition) is 0. The molecule has 2 aliphatic rings. The Bertz CT molecular complexity index is 256. The van der Waals surface area contributed by atoms with Gasteiger partial charge < -0.3 is 0 Å². The van der Waals surface area contributed by atoms with Crippen LogP contribution in [0, 0.1) is 21.7 Å². The van der Waals surface area contributed by atoms with Gasteiger partial charge in [-0.3, -0.25) is 0 Å². The summed E-state index contributed by atoms with van der Waals surface area (Å²) in [5, 5.41) is 0. The van der Waals surface area contributed by atoms with Crippen LogP contribution in [0.1, 0.15) is 92.9 Å². The van der Waals surface area contributed by atoms with Gasteiger partial charge in [-0.15, -0.1) is 0 Å². The van der Waals surface area contributed by atoms with Gasteiger partial charge in [0.25, 0.3) is 0 Å². The minimum Gasteiger partial charge on any atom is -0.0599 e. The zero-order valence-corrected chi connectivity index (χ0v) is 13.7. The average Bonchev–Trinajstić information content (AvgIpc) is 2.27. The normalized spacial score (nSPS) is 33.0. The molecule has 0 aliphatic heterocycles. The fraction of sp³-hybridized carbons (Fsp3) is 1.00. The van der Waals surface area contributed by atoms with Gasteiger partial charge in [0.1, 0.15) is 0 Å². The zero-order chi connectivity index (χ0) is 13.7. The maximum Gasteiger partial charge on any atom is -0.0272 e. The second kappa shape index (κ2) is 4.25. The lowest BCUT2D eigenvalue weighted by molar-refractivity contribution is -0.0501. The lowest BCUT2D eigenvalue weighted by atomic mass is 9.49. The maximum absolute atomic E-state index is 2.60. The smallest absolute Gasteiger partial charge is 0.0272 e. The molecule has 18 heavy (non-hydrogen) atoms. The third kappa shape index (κ3) is 2.63. The van der Waals surface area contributed by atoms with E-state index in [0.29, 0.717) is 21.7 Å². The summed E-state index contributed by atoms with van der Waals surface area (Å²) in [6, 6.07) is 0. The molecule has 0 aromatic heterocycles. The molecule has 0 heteroatoms. The van der Waals surface area contributed by atoms with Gasteiger partial charge in [-0.05, 0) is 73.0 Å². The second-order valence-corrected chi connectivity index (χ2v) is 9.45. The van der Waals surface area contributed by atoms with Crippen molar-refractivity contribution in [1.82, 2.24) is 0 Å². The summed E-state index contributed by atoms with van der Waals surface area (Å²) in [6.45, 7) is 15.0. The van der Waals surface area contributed by atoms with Crippen molar-refractivity contribution in [3.05, 3.63) is 0 Å². The van der Waals surface area contributed by atoms with Crippen molar-refractivity contribution in [2.75, 3.05) is 0 Å². The first-order valence-electron chi connectivity index (χ1n) is 8.08. The molecule has 0 unspecified atom stereocenters. The summed E-state index contributed by atoms with van der Waals surface area (Å²) in [4.78, 5) is 0. The maximum atomic E-state index is 2.60. The first kappa shape index (κ1) is 14.4. The highest BCUT2D eigenvalue weighted by Crippen LogP contribution is 2.60. The highest BCUT2D eigenvalue weighted by atomic mass is 14.5. The molecule has 0 radical (unpaired) electrons. The first-order chi connectivity index (χ1) is 8.08. The minimum atomic E-state index is 0.601. The van der Waals surface area contributed by atoms with Gasteiger partial charge >= 0.3 is 0 Å². The molecule has 2 rings (SSSR count). The molecule has 0 amide bonds. The molecule has 0 saturated heterocycles. The third-order valence-electron chi connectivity index (χ3n) is 6.87. The molecule has 0 N–H and O–H groups in total. The fourth-order valence-corrected chi connectivity index (χ4v) is 4.16. The molecule has 0 aromatic carbocycles. The van der Waals surface area contributed by atoms with Crippen LogP contribution in [0.15, 0.2) is 0 Å². The van der Waals surface area contributed by atoms with E-state index < -0.39 is 0 Å². The van der Waals surface area contributed by atoms with E-state index in [1.807, 2.05) is 0 Å². The van der Waals surface area contributed by atoms with E-state index in [4.69, 9.17) is 0 Å². The Balaban J connectivity index is 2.07. The van der Waals surface area contributed by atoms with Crippen LogP contribution in [0.3, 0.4) is 0 Å². The van der Waals surface area contributed by atoms with Crippen LogP contribution in [0.5, 0.6) is 0 Å². The predicted octanol–water partition coefficient (Wildman–Crippen LogP) is 6.20. The van der Waals surface area contributed by atoms with E-state index in [-0.39, 0.29) is 0 Å². The molecular formula is C18H34. The molecule has 0 heterocycles. The van der Waals surface area contributed by atoms with Gasteiger partial charge in [0, 0.05) is 0 Å². The number of hydrogen-bond acceptors (Lipinski definition) is 0. The molecule has 2 aliphatic carbocycles. The zero-order valence-electron chi connectivity index (χ0n) is 13.7. The minimum absolute atomic E-state index is 0.601. The fourth-order valence-electron chi connectivity index (χ4n) is 4.16. The van der Waals surface area contributed by atoms with Crippen LogP contribution in [-0.2, 0) is 0 Å². The quantitative estimate of drug-likeness (QED) is 0.520. The molecule has 0 spiro atoms. The molecular weight excluding hydrogens is 216 g/mol. The topological polar surface area (TPSA) is 0 Å². The predicted molar refractivity (Wildman–Crippen MR) is 80.7 cm³/mol. The molecule has 2 saturated carbocycles. The molecule has 0 bridgehead atoms. The van der Waals surface area contributed by atoms with E-state index in [1.54, 1.807) is 0 Å². The molecule has 0 nitrogen and oxygen atoms in total. The SMILES string of the molecule is CC1(C)CCC(C)(C2(C)CCC(C)(C)CC2)CC1. The largest absolute Gasteiger partial charge is 0.0599 e. The summed E-state index contributed by atoms with van der Waals surface area (Å²) in [7, 11) is 0. The van der Waals surface area contributed by atoms with Crippen molar-refractivity contribution in [2.24, 2.45) is 21.7 Å². The van der Waals surface area contributed by atoms with E-state index in [2.05, 4.69) is 41.5 Å². The molecule has 106 valence electrons. The highest BCUT2D eigenvalue weighted by molar-refractivity contribution is 5.00. The van der Waals surface area contributed by atoms with Crippen LogP contribution in [0.4, 0.5) is 0 Å². The Labute approximate surface area is 115 Å². The van der Waals surface area contributed by atoms with Crippen molar-refractivity contribution in [3.63, 3.8) is 0 Å². The van der Waals surface area contributed by atoms with E-state index >= 15 is 0 Å². The molecule has 0 atom stereocenters. The summed E-state index contributed by atoms with van der Waals surface area (Å²) in [6.07, 6.45) is 11.6. The van der Waals surface area contributed by atoms with Crippen molar-refractivity contribution >= 4 is 0 Å². The van der Waals surface area contributed by atoms with E-state index in [0.717, 1.165) is 0 Å². The Kier molecular flexibility index (Phi) is 3.40. The van der Waals surface area contributed by atoms with Gasteiger partial charge in [0.15, 0.2) is 0 Å². The van der Waals surface area contributed by atoms with Crippen molar-refractivity contribution in [1.29, 1.82) is 0 Å². The standard InChI is InChI=1S/C18H34/c1-15(2)7-11-17(5,12-8-15)18(6)13-9-16(3,4)10-14-18/h7-14H2,1-6H3. The highest BCUT2D eigenvalue weighted by Gasteiger charge is 2.49. The first-order valence-corrected chi connectivity index (χ1v) is 8.08. The number of rotatable bonds is 1. The Hall–Kier alpha value is 0. The lowest BCUT2D eigenvalue weighted by Gasteiger charge is -2.56. The van der Waals surface area contributed by atoms with Gasteiger partial charge in [0.2, 0.25) is 0 Å². The van der Waals surface area contributed by atoms with Gasteiger partial charge in [-0.2, -0.15) is 0 Å². The summed E-state index contributed by atoms with van der Waals surface area (Å²) in [5.74, 6) is 0. The van der Waals surface area contributed by atoms with Crippen LogP contribution < -0.4 is 0 Å². The van der Waals surface area contributed by atoms with Crippen molar-refractivity contribution in [3.8, 4) is 0 Å².